The van der Waals surface area contributed by atoms with Gasteiger partial charge < -0.3 is 0 Å². The fourth-order valence-electron chi connectivity index (χ4n) is 1.55. The molecule has 0 saturated heterocycles. The van der Waals surface area contributed by atoms with E-state index < -0.39 is 10.0 Å². The standard InChI is InChI=1S/C11H17BrClNO2S2/c1-8(2)14(6-4-5-12)18(15,16)10-7-9(3)11(13)17-10/h7-8H,4-6H2,1-3H3. The first-order valence-corrected chi connectivity index (χ1v) is 9.40. The Bertz CT molecular complexity index is 480. The van der Waals surface area contributed by atoms with Crippen molar-refractivity contribution in [1.82, 2.24) is 4.31 Å². The number of thiophene rings is 1. The molecule has 0 amide bonds. The Morgan fingerprint density at radius 2 is 2.11 bits per heavy atom. The topological polar surface area (TPSA) is 37.4 Å². The number of alkyl halides is 1. The van der Waals surface area contributed by atoms with E-state index in [4.69, 9.17) is 11.6 Å². The predicted octanol–water partition coefficient (Wildman–Crippen LogP) is 3.89. The van der Waals surface area contributed by atoms with Crippen LogP contribution in [0, 0.1) is 6.92 Å². The lowest BCUT2D eigenvalue weighted by molar-refractivity contribution is 0.356. The van der Waals surface area contributed by atoms with E-state index >= 15 is 0 Å². The lowest BCUT2D eigenvalue weighted by Gasteiger charge is -2.24. The van der Waals surface area contributed by atoms with Crippen molar-refractivity contribution in [2.45, 2.75) is 37.4 Å². The van der Waals surface area contributed by atoms with Gasteiger partial charge in [-0.05, 0) is 38.8 Å². The summed E-state index contributed by atoms with van der Waals surface area (Å²) < 4.78 is 27.4. The van der Waals surface area contributed by atoms with Crippen LogP contribution in [-0.2, 0) is 10.0 Å². The van der Waals surface area contributed by atoms with Crippen LogP contribution >= 0.6 is 38.9 Å². The van der Waals surface area contributed by atoms with Gasteiger partial charge in [0.2, 0.25) is 0 Å². The quantitative estimate of drug-likeness (QED) is 0.708. The molecule has 0 N–H and O–H groups in total. The molecule has 0 radical (unpaired) electrons. The van der Waals surface area contributed by atoms with Gasteiger partial charge in [0.1, 0.15) is 4.21 Å². The fourth-order valence-corrected chi connectivity index (χ4v) is 5.31. The van der Waals surface area contributed by atoms with Gasteiger partial charge in [-0.15, -0.1) is 11.3 Å². The van der Waals surface area contributed by atoms with E-state index in [1.165, 1.54) is 4.31 Å². The molecular formula is C11H17BrClNO2S2. The molecule has 3 nitrogen and oxygen atoms in total. The van der Waals surface area contributed by atoms with E-state index in [0.29, 0.717) is 15.1 Å². The first-order valence-electron chi connectivity index (χ1n) is 5.64. The predicted molar refractivity (Wildman–Crippen MR) is 81.5 cm³/mol. The molecule has 0 aliphatic carbocycles. The zero-order chi connectivity index (χ0) is 13.9. The number of hydrogen-bond donors (Lipinski definition) is 0. The minimum Gasteiger partial charge on any atom is -0.206 e. The highest BCUT2D eigenvalue weighted by Crippen LogP contribution is 2.32. The van der Waals surface area contributed by atoms with Gasteiger partial charge in [0.05, 0.1) is 4.34 Å². The summed E-state index contributed by atoms with van der Waals surface area (Å²) in [5, 5.41) is 0.788. The zero-order valence-electron chi connectivity index (χ0n) is 10.6. The minimum atomic E-state index is -3.43. The van der Waals surface area contributed by atoms with E-state index in [-0.39, 0.29) is 6.04 Å². The number of aryl methyl sites for hydroxylation is 1. The third-order valence-electron chi connectivity index (χ3n) is 2.49. The van der Waals surface area contributed by atoms with Gasteiger partial charge in [-0.1, -0.05) is 27.5 Å². The van der Waals surface area contributed by atoms with Crippen LogP contribution < -0.4 is 0 Å². The highest BCUT2D eigenvalue weighted by atomic mass is 79.9. The third kappa shape index (κ3) is 3.70. The maximum atomic E-state index is 12.5. The van der Waals surface area contributed by atoms with Crippen LogP contribution in [0.15, 0.2) is 10.3 Å². The molecule has 0 spiro atoms. The van der Waals surface area contributed by atoms with Gasteiger partial charge in [-0.2, -0.15) is 4.31 Å². The van der Waals surface area contributed by atoms with Gasteiger partial charge in [0.25, 0.3) is 10.0 Å². The molecule has 1 aromatic rings. The summed E-state index contributed by atoms with van der Waals surface area (Å²) in [6, 6.07) is 1.58. The van der Waals surface area contributed by atoms with Crippen LogP contribution in [-0.4, -0.2) is 30.6 Å². The van der Waals surface area contributed by atoms with Crippen molar-refractivity contribution in [3.05, 3.63) is 16.0 Å². The largest absolute Gasteiger partial charge is 0.252 e. The zero-order valence-corrected chi connectivity index (χ0v) is 14.6. The van der Waals surface area contributed by atoms with Crippen molar-refractivity contribution in [2.75, 3.05) is 11.9 Å². The Kier molecular flexibility index (Phi) is 6.12. The molecule has 0 bridgehead atoms. The van der Waals surface area contributed by atoms with Crippen molar-refractivity contribution in [1.29, 1.82) is 0 Å². The van der Waals surface area contributed by atoms with Crippen LogP contribution in [0.4, 0.5) is 0 Å². The first kappa shape index (κ1) is 16.4. The molecule has 0 aliphatic rings. The Morgan fingerprint density at radius 1 is 1.50 bits per heavy atom. The van der Waals surface area contributed by atoms with E-state index in [9.17, 15) is 8.42 Å². The van der Waals surface area contributed by atoms with Crippen molar-refractivity contribution in [3.63, 3.8) is 0 Å². The van der Waals surface area contributed by atoms with Crippen LogP contribution in [0.5, 0.6) is 0 Å². The van der Waals surface area contributed by atoms with Gasteiger partial charge in [0, 0.05) is 17.9 Å². The van der Waals surface area contributed by atoms with Gasteiger partial charge in [0.15, 0.2) is 0 Å². The molecule has 0 aromatic carbocycles. The SMILES string of the molecule is Cc1cc(S(=O)(=O)N(CCCBr)C(C)C)sc1Cl. The molecule has 0 saturated carbocycles. The highest BCUT2D eigenvalue weighted by Gasteiger charge is 2.28. The summed E-state index contributed by atoms with van der Waals surface area (Å²) in [6.45, 7) is 6.09. The summed E-state index contributed by atoms with van der Waals surface area (Å²) in [7, 11) is -3.43. The number of rotatable bonds is 6. The van der Waals surface area contributed by atoms with E-state index in [1.807, 2.05) is 20.8 Å². The van der Waals surface area contributed by atoms with Crippen molar-refractivity contribution >= 4 is 48.9 Å². The summed E-state index contributed by atoms with van der Waals surface area (Å²) in [6.07, 6.45) is 0.787. The second kappa shape index (κ2) is 6.70. The lowest BCUT2D eigenvalue weighted by atomic mass is 10.4. The van der Waals surface area contributed by atoms with E-state index in [0.717, 1.165) is 28.7 Å². The summed E-state index contributed by atoms with van der Waals surface area (Å²) in [5.41, 5.74) is 0.810. The average Bonchev–Trinajstić information content (AvgIpc) is 2.59. The van der Waals surface area contributed by atoms with Gasteiger partial charge >= 0.3 is 0 Å². The Morgan fingerprint density at radius 3 is 2.50 bits per heavy atom. The Balaban J connectivity index is 3.08. The van der Waals surface area contributed by atoms with Crippen LogP contribution in [0.3, 0.4) is 0 Å². The molecule has 1 rings (SSSR count). The molecule has 0 fully saturated rings. The normalized spacial score (nSPS) is 12.6. The fraction of sp³-hybridized carbons (Fsp3) is 0.636. The highest BCUT2D eigenvalue weighted by molar-refractivity contribution is 9.09. The van der Waals surface area contributed by atoms with Gasteiger partial charge in [-0.3, -0.25) is 0 Å². The second-order valence-corrected chi connectivity index (χ2v) is 8.84. The lowest BCUT2D eigenvalue weighted by Crippen LogP contribution is -2.37. The van der Waals surface area contributed by atoms with Crippen LogP contribution in [0.2, 0.25) is 4.34 Å². The number of nitrogens with zero attached hydrogens (tertiary/aromatic N) is 1. The van der Waals surface area contributed by atoms with Crippen molar-refractivity contribution in [2.24, 2.45) is 0 Å². The molecule has 1 heterocycles. The molecule has 18 heavy (non-hydrogen) atoms. The van der Waals surface area contributed by atoms with Crippen LogP contribution in [0.25, 0.3) is 0 Å². The monoisotopic (exact) mass is 373 g/mol. The van der Waals surface area contributed by atoms with Crippen molar-refractivity contribution < 1.29 is 8.42 Å². The smallest absolute Gasteiger partial charge is 0.206 e. The summed E-state index contributed by atoms with van der Waals surface area (Å²) in [4.78, 5) is 0. The summed E-state index contributed by atoms with van der Waals surface area (Å²) >= 11 is 10.4. The third-order valence-corrected chi connectivity index (χ3v) is 7.13. The maximum absolute atomic E-state index is 12.5. The van der Waals surface area contributed by atoms with Crippen molar-refractivity contribution in [3.8, 4) is 0 Å². The molecule has 7 heteroatoms. The number of sulfonamides is 1. The maximum Gasteiger partial charge on any atom is 0.252 e. The average molecular weight is 375 g/mol. The molecule has 104 valence electrons. The van der Waals surface area contributed by atoms with Gasteiger partial charge in [-0.25, -0.2) is 8.42 Å². The number of halogens is 2. The minimum absolute atomic E-state index is 0.0600. The molecule has 1 aromatic heterocycles. The Hall–Kier alpha value is 0.380. The molecule has 0 atom stereocenters. The first-order chi connectivity index (χ1) is 8.30. The van der Waals surface area contributed by atoms with Crippen LogP contribution in [0.1, 0.15) is 25.8 Å². The molecule has 0 unspecified atom stereocenters. The molecule has 0 aliphatic heterocycles. The second-order valence-electron chi connectivity index (χ2n) is 4.27. The number of hydrogen-bond acceptors (Lipinski definition) is 3. The molecular weight excluding hydrogens is 358 g/mol. The van der Waals surface area contributed by atoms with E-state index in [1.54, 1.807) is 6.07 Å². The Labute approximate surface area is 126 Å². The summed E-state index contributed by atoms with van der Waals surface area (Å²) in [5.74, 6) is 0. The van der Waals surface area contributed by atoms with E-state index in [2.05, 4.69) is 15.9 Å².